The molecular formula is C12H18N2O5S. The molecule has 2 unspecified atom stereocenters. The van der Waals surface area contributed by atoms with E-state index in [1.165, 1.54) is 12.1 Å². The van der Waals surface area contributed by atoms with Crippen molar-refractivity contribution < 1.29 is 23.1 Å². The fourth-order valence-electron chi connectivity index (χ4n) is 1.59. The Morgan fingerprint density at radius 1 is 1.40 bits per heavy atom. The first-order valence-corrected chi connectivity index (χ1v) is 7.81. The van der Waals surface area contributed by atoms with Gasteiger partial charge in [-0.1, -0.05) is 12.1 Å². The lowest BCUT2D eigenvalue weighted by atomic mass is 10.0. The van der Waals surface area contributed by atoms with Crippen LogP contribution in [0, 0.1) is 0 Å². The second-order valence-corrected chi connectivity index (χ2v) is 6.01. The second kappa shape index (κ2) is 6.69. The van der Waals surface area contributed by atoms with Crippen LogP contribution in [-0.4, -0.2) is 38.4 Å². The van der Waals surface area contributed by atoms with E-state index in [1.807, 2.05) is 0 Å². The van der Waals surface area contributed by atoms with Crippen LogP contribution < -0.4 is 10.5 Å². The minimum absolute atomic E-state index is 0.0786. The monoisotopic (exact) mass is 302 g/mol. The standard InChI is InChI=1S/C12H18N2O5S/c1-3-19-12(16)10(14-20(2,17)18)11(15)8-4-6-9(13)7-5-8/h4-7,10-11,14-15H,3,13H2,1-2H3. The van der Waals surface area contributed by atoms with E-state index in [0.29, 0.717) is 11.3 Å². The van der Waals surface area contributed by atoms with E-state index in [4.69, 9.17) is 10.5 Å². The highest BCUT2D eigenvalue weighted by Gasteiger charge is 2.31. The van der Waals surface area contributed by atoms with Gasteiger partial charge in [0.15, 0.2) is 0 Å². The Morgan fingerprint density at radius 2 is 1.95 bits per heavy atom. The minimum Gasteiger partial charge on any atom is -0.465 e. The van der Waals surface area contributed by atoms with Gasteiger partial charge in [-0.3, -0.25) is 4.79 Å². The molecule has 0 spiro atoms. The molecule has 0 aliphatic rings. The molecule has 0 heterocycles. The van der Waals surface area contributed by atoms with Crippen molar-refractivity contribution in [3.63, 3.8) is 0 Å². The number of carbonyl (C=O) groups excluding carboxylic acids is 1. The van der Waals surface area contributed by atoms with Crippen molar-refractivity contribution in [2.45, 2.75) is 19.1 Å². The predicted molar refractivity (Wildman–Crippen MR) is 74.2 cm³/mol. The molecule has 112 valence electrons. The van der Waals surface area contributed by atoms with Gasteiger partial charge in [-0.2, -0.15) is 4.72 Å². The van der Waals surface area contributed by atoms with Crippen molar-refractivity contribution in [3.05, 3.63) is 29.8 Å². The number of carbonyl (C=O) groups is 1. The first-order chi connectivity index (χ1) is 9.24. The van der Waals surface area contributed by atoms with Gasteiger partial charge in [-0.15, -0.1) is 0 Å². The quantitative estimate of drug-likeness (QED) is 0.494. The summed E-state index contributed by atoms with van der Waals surface area (Å²) in [7, 11) is -3.68. The van der Waals surface area contributed by atoms with Crippen LogP contribution in [0.1, 0.15) is 18.6 Å². The summed E-state index contributed by atoms with van der Waals surface area (Å²) in [6.45, 7) is 1.67. The van der Waals surface area contributed by atoms with Gasteiger partial charge in [0, 0.05) is 5.69 Å². The smallest absolute Gasteiger partial charge is 0.327 e. The van der Waals surface area contributed by atoms with E-state index in [2.05, 4.69) is 4.72 Å². The van der Waals surface area contributed by atoms with E-state index in [9.17, 15) is 18.3 Å². The average molecular weight is 302 g/mol. The van der Waals surface area contributed by atoms with Crippen LogP contribution in [0.15, 0.2) is 24.3 Å². The van der Waals surface area contributed by atoms with Gasteiger partial charge >= 0.3 is 5.97 Å². The maximum Gasteiger partial charge on any atom is 0.327 e. The number of aliphatic hydroxyl groups is 1. The van der Waals surface area contributed by atoms with E-state index < -0.39 is 28.1 Å². The lowest BCUT2D eigenvalue weighted by Crippen LogP contribution is -2.45. The molecule has 0 amide bonds. The number of nitrogens with one attached hydrogen (secondary N) is 1. The number of hydrogen-bond acceptors (Lipinski definition) is 6. The van der Waals surface area contributed by atoms with Gasteiger partial charge in [-0.25, -0.2) is 8.42 Å². The topological polar surface area (TPSA) is 119 Å². The lowest BCUT2D eigenvalue weighted by Gasteiger charge is -2.22. The normalized spacial score (nSPS) is 14.6. The Kier molecular flexibility index (Phi) is 5.49. The molecular weight excluding hydrogens is 284 g/mol. The number of nitrogen functional groups attached to an aromatic ring is 1. The molecule has 1 aromatic rings. The van der Waals surface area contributed by atoms with Gasteiger partial charge in [-0.05, 0) is 24.6 Å². The first kappa shape index (κ1) is 16.4. The van der Waals surface area contributed by atoms with Gasteiger partial charge in [0.1, 0.15) is 12.1 Å². The zero-order chi connectivity index (χ0) is 15.3. The third kappa shape index (κ3) is 4.80. The number of rotatable bonds is 6. The SMILES string of the molecule is CCOC(=O)C(NS(C)(=O)=O)C(O)c1ccc(N)cc1. The van der Waals surface area contributed by atoms with Gasteiger partial charge in [0.05, 0.1) is 12.9 Å². The molecule has 0 aliphatic heterocycles. The number of benzene rings is 1. The van der Waals surface area contributed by atoms with E-state index in [0.717, 1.165) is 6.26 Å². The van der Waals surface area contributed by atoms with Gasteiger partial charge in [0.25, 0.3) is 0 Å². The van der Waals surface area contributed by atoms with Gasteiger partial charge in [0.2, 0.25) is 10.0 Å². The van der Waals surface area contributed by atoms with Crippen molar-refractivity contribution in [1.82, 2.24) is 4.72 Å². The van der Waals surface area contributed by atoms with Crippen LogP contribution in [-0.2, 0) is 19.6 Å². The highest BCUT2D eigenvalue weighted by atomic mass is 32.2. The molecule has 0 fully saturated rings. The summed E-state index contributed by atoms with van der Waals surface area (Å²) in [6.07, 6.45) is -0.473. The highest BCUT2D eigenvalue weighted by Crippen LogP contribution is 2.19. The number of ether oxygens (including phenoxy) is 1. The number of sulfonamides is 1. The molecule has 2 atom stereocenters. The first-order valence-electron chi connectivity index (χ1n) is 5.92. The van der Waals surface area contributed by atoms with E-state index in [-0.39, 0.29) is 6.61 Å². The molecule has 4 N–H and O–H groups in total. The fraction of sp³-hybridized carbons (Fsp3) is 0.417. The van der Waals surface area contributed by atoms with Crippen molar-refractivity contribution >= 4 is 21.7 Å². The maximum absolute atomic E-state index is 11.8. The zero-order valence-corrected chi connectivity index (χ0v) is 12.1. The van der Waals surface area contributed by atoms with Crippen LogP contribution in [0.5, 0.6) is 0 Å². The van der Waals surface area contributed by atoms with Crippen LogP contribution in [0.2, 0.25) is 0 Å². The molecule has 1 rings (SSSR count). The molecule has 0 aliphatic carbocycles. The number of aliphatic hydroxyl groups excluding tert-OH is 1. The number of esters is 1. The lowest BCUT2D eigenvalue weighted by molar-refractivity contribution is -0.148. The van der Waals surface area contributed by atoms with Crippen molar-refractivity contribution in [1.29, 1.82) is 0 Å². The summed E-state index contributed by atoms with van der Waals surface area (Å²) in [5, 5.41) is 10.2. The highest BCUT2D eigenvalue weighted by molar-refractivity contribution is 7.88. The molecule has 7 nitrogen and oxygen atoms in total. The Bertz CT molecular complexity index is 556. The Hall–Kier alpha value is -1.64. The minimum atomic E-state index is -3.68. The summed E-state index contributed by atoms with van der Waals surface area (Å²) in [4.78, 5) is 11.8. The third-order valence-corrected chi connectivity index (χ3v) is 3.16. The van der Waals surface area contributed by atoms with E-state index >= 15 is 0 Å². The second-order valence-electron chi connectivity index (χ2n) is 4.23. The molecule has 1 aromatic carbocycles. The molecule has 0 saturated carbocycles. The molecule has 8 heteroatoms. The summed E-state index contributed by atoms with van der Waals surface area (Å²) < 4.78 is 29.4. The molecule has 0 radical (unpaired) electrons. The molecule has 0 saturated heterocycles. The number of hydrogen-bond donors (Lipinski definition) is 3. The summed E-state index contributed by atoms with van der Waals surface area (Å²) >= 11 is 0. The van der Waals surface area contributed by atoms with Crippen LogP contribution in [0.3, 0.4) is 0 Å². The predicted octanol–water partition coefficient (Wildman–Crippen LogP) is -0.217. The zero-order valence-electron chi connectivity index (χ0n) is 11.2. The van der Waals surface area contributed by atoms with Crippen molar-refractivity contribution in [3.8, 4) is 0 Å². The molecule has 0 aromatic heterocycles. The Balaban J connectivity index is 3.02. The summed E-state index contributed by atoms with van der Waals surface area (Å²) in [5.74, 6) is -0.845. The summed E-state index contributed by atoms with van der Waals surface area (Å²) in [6, 6.07) is 4.70. The summed E-state index contributed by atoms with van der Waals surface area (Å²) in [5.41, 5.74) is 6.37. The fourth-order valence-corrected chi connectivity index (χ4v) is 2.28. The number of anilines is 1. The maximum atomic E-state index is 11.8. The van der Waals surface area contributed by atoms with Crippen LogP contribution in [0.4, 0.5) is 5.69 Å². The third-order valence-electron chi connectivity index (χ3n) is 2.48. The Labute approximate surface area is 117 Å². The van der Waals surface area contributed by atoms with Crippen molar-refractivity contribution in [2.75, 3.05) is 18.6 Å². The largest absolute Gasteiger partial charge is 0.465 e. The van der Waals surface area contributed by atoms with Crippen LogP contribution >= 0.6 is 0 Å². The molecule has 20 heavy (non-hydrogen) atoms. The van der Waals surface area contributed by atoms with Crippen molar-refractivity contribution in [2.24, 2.45) is 0 Å². The molecule has 0 bridgehead atoms. The average Bonchev–Trinajstić information content (AvgIpc) is 2.35. The van der Waals surface area contributed by atoms with Gasteiger partial charge < -0.3 is 15.6 Å². The van der Waals surface area contributed by atoms with E-state index in [1.54, 1.807) is 19.1 Å². The van der Waals surface area contributed by atoms with Crippen LogP contribution in [0.25, 0.3) is 0 Å². The number of nitrogens with two attached hydrogens (primary N) is 1. The Morgan fingerprint density at radius 3 is 2.40 bits per heavy atom.